The van der Waals surface area contributed by atoms with Crippen LogP contribution in [-0.2, 0) is 6.54 Å². The summed E-state index contributed by atoms with van der Waals surface area (Å²) in [6.45, 7) is 4.64. The van der Waals surface area contributed by atoms with Crippen LogP contribution in [0.15, 0.2) is 30.5 Å². The van der Waals surface area contributed by atoms with Gasteiger partial charge in [0.15, 0.2) is 0 Å². The summed E-state index contributed by atoms with van der Waals surface area (Å²) >= 11 is 5.96. The van der Waals surface area contributed by atoms with E-state index < -0.39 is 0 Å². The number of nitrogens with one attached hydrogen (secondary N) is 1. The van der Waals surface area contributed by atoms with E-state index >= 15 is 0 Å². The molecule has 18 heavy (non-hydrogen) atoms. The lowest BCUT2D eigenvalue weighted by atomic mass is 10.3. The van der Waals surface area contributed by atoms with E-state index in [0.717, 1.165) is 5.69 Å². The molecule has 96 valence electrons. The number of aromatic nitrogens is 2. The van der Waals surface area contributed by atoms with E-state index in [0.29, 0.717) is 23.3 Å². The van der Waals surface area contributed by atoms with Crippen LogP contribution in [0.3, 0.4) is 0 Å². The Morgan fingerprint density at radius 1 is 1.39 bits per heavy atom. The summed E-state index contributed by atoms with van der Waals surface area (Å²) < 4.78 is 14.9. The van der Waals surface area contributed by atoms with Crippen molar-refractivity contribution in [2.45, 2.75) is 26.4 Å². The minimum absolute atomic E-state index is 0.311. The first-order chi connectivity index (χ1) is 8.56. The van der Waals surface area contributed by atoms with Gasteiger partial charge < -0.3 is 5.32 Å². The molecule has 0 unspecified atom stereocenters. The van der Waals surface area contributed by atoms with Gasteiger partial charge in [0.05, 0.1) is 22.9 Å². The number of hydrogen-bond acceptors (Lipinski definition) is 2. The van der Waals surface area contributed by atoms with E-state index in [-0.39, 0.29) is 5.82 Å². The monoisotopic (exact) mass is 267 g/mol. The second kappa shape index (κ2) is 5.40. The Kier molecular flexibility index (Phi) is 3.87. The zero-order valence-corrected chi connectivity index (χ0v) is 11.1. The summed E-state index contributed by atoms with van der Waals surface area (Å²) in [5.41, 5.74) is 1.47. The minimum Gasteiger partial charge on any atom is -0.378 e. The zero-order chi connectivity index (χ0) is 13.1. The van der Waals surface area contributed by atoms with Crippen molar-refractivity contribution in [1.82, 2.24) is 9.78 Å². The quantitative estimate of drug-likeness (QED) is 0.911. The van der Waals surface area contributed by atoms with E-state index in [9.17, 15) is 4.39 Å². The van der Waals surface area contributed by atoms with Gasteiger partial charge >= 0.3 is 0 Å². The van der Waals surface area contributed by atoms with Crippen LogP contribution in [-0.4, -0.2) is 9.78 Å². The fourth-order valence-electron chi connectivity index (χ4n) is 1.58. The maximum Gasteiger partial charge on any atom is 0.125 e. The van der Waals surface area contributed by atoms with Gasteiger partial charge in [-0.2, -0.15) is 5.10 Å². The van der Waals surface area contributed by atoms with Gasteiger partial charge in [-0.25, -0.2) is 4.39 Å². The van der Waals surface area contributed by atoms with Crippen LogP contribution < -0.4 is 5.32 Å². The van der Waals surface area contributed by atoms with Crippen molar-refractivity contribution in [3.63, 3.8) is 0 Å². The maximum atomic E-state index is 13.1. The highest BCUT2D eigenvalue weighted by molar-refractivity contribution is 6.33. The fraction of sp³-hybridized carbons (Fsp3) is 0.308. The number of rotatable bonds is 4. The molecule has 0 amide bonds. The number of hydrogen-bond donors (Lipinski definition) is 1. The van der Waals surface area contributed by atoms with E-state index in [4.69, 9.17) is 11.6 Å². The molecule has 0 aliphatic heterocycles. The summed E-state index contributed by atoms with van der Waals surface area (Å²) in [5, 5.41) is 7.97. The van der Waals surface area contributed by atoms with Gasteiger partial charge in [-0.1, -0.05) is 11.6 Å². The summed E-state index contributed by atoms with van der Waals surface area (Å²) in [7, 11) is 0. The van der Waals surface area contributed by atoms with Gasteiger partial charge in [-0.15, -0.1) is 0 Å². The minimum atomic E-state index is -0.311. The lowest BCUT2D eigenvalue weighted by Gasteiger charge is -2.07. The molecule has 0 spiro atoms. The van der Waals surface area contributed by atoms with Crippen LogP contribution in [0.5, 0.6) is 0 Å². The van der Waals surface area contributed by atoms with Crippen molar-refractivity contribution >= 4 is 17.3 Å². The summed E-state index contributed by atoms with van der Waals surface area (Å²) in [4.78, 5) is 0. The summed E-state index contributed by atoms with van der Waals surface area (Å²) in [6, 6.07) is 6.51. The molecule has 0 fully saturated rings. The van der Waals surface area contributed by atoms with E-state index in [2.05, 4.69) is 24.3 Å². The second-order valence-electron chi connectivity index (χ2n) is 4.36. The van der Waals surface area contributed by atoms with Gasteiger partial charge in [-0.3, -0.25) is 4.68 Å². The molecule has 1 aromatic heterocycles. The largest absolute Gasteiger partial charge is 0.378 e. The molecule has 0 atom stereocenters. The van der Waals surface area contributed by atoms with Gasteiger partial charge in [0, 0.05) is 12.2 Å². The van der Waals surface area contributed by atoms with Crippen LogP contribution in [0.2, 0.25) is 5.02 Å². The Hall–Kier alpha value is -1.55. The fourth-order valence-corrected chi connectivity index (χ4v) is 1.76. The van der Waals surface area contributed by atoms with E-state index in [1.165, 1.54) is 18.2 Å². The summed E-state index contributed by atoms with van der Waals surface area (Å²) in [5.74, 6) is -0.311. The Morgan fingerprint density at radius 3 is 2.83 bits per heavy atom. The molecule has 0 aliphatic rings. The number of benzene rings is 1. The molecule has 5 heteroatoms. The van der Waals surface area contributed by atoms with E-state index in [1.807, 2.05) is 16.9 Å². The van der Waals surface area contributed by atoms with Crippen LogP contribution in [0.25, 0.3) is 0 Å². The van der Waals surface area contributed by atoms with Crippen molar-refractivity contribution in [2.75, 3.05) is 5.32 Å². The first kappa shape index (κ1) is 12.9. The number of halogens is 2. The molecule has 1 N–H and O–H groups in total. The predicted octanol–water partition coefficient (Wildman–Crippen LogP) is 3.87. The van der Waals surface area contributed by atoms with Crippen molar-refractivity contribution in [1.29, 1.82) is 0 Å². The third kappa shape index (κ3) is 3.01. The molecule has 3 nitrogen and oxygen atoms in total. The Labute approximate surface area is 111 Å². The smallest absolute Gasteiger partial charge is 0.125 e. The molecular weight excluding hydrogens is 253 g/mol. The van der Waals surface area contributed by atoms with Crippen molar-refractivity contribution in [2.24, 2.45) is 0 Å². The topological polar surface area (TPSA) is 29.9 Å². The molecule has 2 rings (SSSR count). The molecule has 1 aromatic carbocycles. The average molecular weight is 268 g/mol. The lowest BCUT2D eigenvalue weighted by Crippen LogP contribution is -2.05. The normalized spacial score (nSPS) is 10.9. The first-order valence-electron chi connectivity index (χ1n) is 5.79. The average Bonchev–Trinajstić information content (AvgIpc) is 2.79. The van der Waals surface area contributed by atoms with Crippen LogP contribution >= 0.6 is 11.6 Å². The molecular formula is C13H15ClFN3. The van der Waals surface area contributed by atoms with Gasteiger partial charge in [0.25, 0.3) is 0 Å². The van der Waals surface area contributed by atoms with E-state index in [1.54, 1.807) is 0 Å². The van der Waals surface area contributed by atoms with Gasteiger partial charge in [0.2, 0.25) is 0 Å². The standard InChI is InChI=1S/C13H15ClFN3/c1-9(2)18-6-5-11(17-18)8-16-13-7-10(15)3-4-12(13)14/h3-7,9,16H,8H2,1-2H3. The molecule has 0 bridgehead atoms. The predicted molar refractivity (Wildman–Crippen MR) is 71.3 cm³/mol. The maximum absolute atomic E-state index is 13.1. The Morgan fingerprint density at radius 2 is 2.17 bits per heavy atom. The Bertz CT molecular complexity index is 537. The van der Waals surface area contributed by atoms with Crippen molar-refractivity contribution in [3.8, 4) is 0 Å². The molecule has 0 saturated carbocycles. The third-order valence-corrected chi connectivity index (χ3v) is 2.91. The molecule has 0 saturated heterocycles. The van der Waals surface area contributed by atoms with Crippen LogP contribution in [0.4, 0.5) is 10.1 Å². The van der Waals surface area contributed by atoms with Crippen molar-refractivity contribution in [3.05, 3.63) is 47.0 Å². The zero-order valence-electron chi connectivity index (χ0n) is 10.3. The van der Waals surface area contributed by atoms with Crippen molar-refractivity contribution < 1.29 is 4.39 Å². The Balaban J connectivity index is 2.04. The molecule has 2 aromatic rings. The highest BCUT2D eigenvalue weighted by atomic mass is 35.5. The molecule has 1 heterocycles. The highest BCUT2D eigenvalue weighted by Gasteiger charge is 2.04. The summed E-state index contributed by atoms with van der Waals surface area (Å²) in [6.07, 6.45) is 1.93. The van der Waals surface area contributed by atoms with Crippen LogP contribution in [0.1, 0.15) is 25.6 Å². The first-order valence-corrected chi connectivity index (χ1v) is 6.17. The second-order valence-corrected chi connectivity index (χ2v) is 4.77. The van der Waals surface area contributed by atoms with Crippen LogP contribution in [0, 0.1) is 5.82 Å². The third-order valence-electron chi connectivity index (χ3n) is 2.58. The SMILES string of the molecule is CC(C)n1ccc(CNc2cc(F)ccc2Cl)n1. The molecule has 0 aliphatic carbocycles. The number of anilines is 1. The number of nitrogens with zero attached hydrogens (tertiary/aromatic N) is 2. The van der Waals surface area contributed by atoms with Gasteiger partial charge in [-0.05, 0) is 38.1 Å². The highest BCUT2D eigenvalue weighted by Crippen LogP contribution is 2.22. The van der Waals surface area contributed by atoms with Gasteiger partial charge in [0.1, 0.15) is 5.82 Å². The molecule has 0 radical (unpaired) electrons. The lowest BCUT2D eigenvalue weighted by molar-refractivity contribution is 0.527.